The van der Waals surface area contributed by atoms with E-state index in [1.165, 1.54) is 0 Å². The van der Waals surface area contributed by atoms with Crippen molar-refractivity contribution in [1.82, 2.24) is 19.9 Å². The van der Waals surface area contributed by atoms with Crippen LogP contribution >= 0.6 is 0 Å². The highest BCUT2D eigenvalue weighted by molar-refractivity contribution is 6.05. The third-order valence-corrected chi connectivity index (χ3v) is 3.92. The van der Waals surface area contributed by atoms with Crippen LogP contribution in [-0.2, 0) is 17.9 Å². The van der Waals surface area contributed by atoms with Gasteiger partial charge >= 0.3 is 0 Å². The van der Waals surface area contributed by atoms with Crippen LogP contribution in [0.2, 0.25) is 0 Å². The fraction of sp³-hybridized carbons (Fsp3) is 0.278. The fourth-order valence-electron chi connectivity index (χ4n) is 2.73. The van der Waals surface area contributed by atoms with E-state index in [4.69, 9.17) is 4.74 Å². The van der Waals surface area contributed by atoms with Gasteiger partial charge in [-0.2, -0.15) is 0 Å². The maximum absolute atomic E-state index is 12.5. The van der Waals surface area contributed by atoms with Gasteiger partial charge in [0.1, 0.15) is 18.1 Å². The number of benzene rings is 1. The highest BCUT2D eigenvalue weighted by Crippen LogP contribution is 2.16. The number of nitrogens with one attached hydrogen (secondary N) is 1. The van der Waals surface area contributed by atoms with E-state index in [1.807, 2.05) is 48.0 Å². The number of carbonyl (C=O) groups excluding carboxylic acids is 1. The Morgan fingerprint density at radius 1 is 1.25 bits per heavy atom. The number of carbonyl (C=O) groups is 1. The molecule has 0 aliphatic rings. The van der Waals surface area contributed by atoms with Crippen molar-refractivity contribution in [3.63, 3.8) is 0 Å². The standard InChI is InChI=1S/C18H20N4O2/c1-13-11-21-16(12-24-2)22(13)10-9-20-18(23)17-15-6-4-3-5-14(15)7-8-19-17/h3-8,11H,9-10,12H2,1-2H3,(H,20,23). The largest absolute Gasteiger partial charge is 0.377 e. The summed E-state index contributed by atoms with van der Waals surface area (Å²) in [5.74, 6) is 0.686. The van der Waals surface area contributed by atoms with Gasteiger partial charge in [0.2, 0.25) is 0 Å². The monoisotopic (exact) mass is 324 g/mol. The molecule has 1 aromatic carbocycles. The Hall–Kier alpha value is -2.73. The topological polar surface area (TPSA) is 69.0 Å². The third kappa shape index (κ3) is 3.28. The molecule has 0 saturated carbocycles. The minimum atomic E-state index is -0.169. The van der Waals surface area contributed by atoms with Gasteiger partial charge in [-0.05, 0) is 18.4 Å². The number of nitrogens with zero attached hydrogens (tertiary/aromatic N) is 3. The molecule has 0 fully saturated rings. The number of aryl methyl sites for hydroxylation is 1. The molecular weight excluding hydrogens is 304 g/mol. The van der Waals surface area contributed by atoms with E-state index in [-0.39, 0.29) is 5.91 Å². The minimum Gasteiger partial charge on any atom is -0.377 e. The Balaban J connectivity index is 1.69. The summed E-state index contributed by atoms with van der Waals surface area (Å²) in [5.41, 5.74) is 1.49. The highest BCUT2D eigenvalue weighted by atomic mass is 16.5. The van der Waals surface area contributed by atoms with Crippen molar-refractivity contribution >= 4 is 16.7 Å². The van der Waals surface area contributed by atoms with E-state index in [1.54, 1.807) is 13.3 Å². The van der Waals surface area contributed by atoms with Gasteiger partial charge < -0.3 is 14.6 Å². The smallest absolute Gasteiger partial charge is 0.270 e. The zero-order chi connectivity index (χ0) is 16.9. The fourth-order valence-corrected chi connectivity index (χ4v) is 2.73. The van der Waals surface area contributed by atoms with E-state index in [0.29, 0.717) is 25.4 Å². The number of hydrogen-bond donors (Lipinski definition) is 1. The predicted molar refractivity (Wildman–Crippen MR) is 91.8 cm³/mol. The maximum Gasteiger partial charge on any atom is 0.270 e. The van der Waals surface area contributed by atoms with Crippen molar-refractivity contribution in [3.8, 4) is 0 Å². The van der Waals surface area contributed by atoms with Crippen molar-refractivity contribution in [2.45, 2.75) is 20.1 Å². The van der Waals surface area contributed by atoms with Crippen molar-refractivity contribution in [2.24, 2.45) is 0 Å². The Kier molecular flexibility index (Phi) is 4.86. The van der Waals surface area contributed by atoms with Gasteiger partial charge in [0.05, 0.1) is 0 Å². The molecule has 0 bridgehead atoms. The SMILES string of the molecule is COCc1ncc(C)n1CCNC(=O)c1nccc2ccccc12. The highest BCUT2D eigenvalue weighted by Gasteiger charge is 2.12. The average molecular weight is 324 g/mol. The van der Waals surface area contributed by atoms with Crippen molar-refractivity contribution in [1.29, 1.82) is 0 Å². The summed E-state index contributed by atoms with van der Waals surface area (Å²) in [5, 5.41) is 4.80. The lowest BCUT2D eigenvalue weighted by atomic mass is 10.1. The third-order valence-electron chi connectivity index (χ3n) is 3.92. The van der Waals surface area contributed by atoms with E-state index in [9.17, 15) is 4.79 Å². The molecule has 3 rings (SSSR count). The summed E-state index contributed by atoms with van der Waals surface area (Å²) in [4.78, 5) is 21.0. The number of imidazole rings is 1. The summed E-state index contributed by atoms with van der Waals surface area (Å²) in [6.07, 6.45) is 3.47. The lowest BCUT2D eigenvalue weighted by Gasteiger charge is -2.11. The van der Waals surface area contributed by atoms with Crippen molar-refractivity contribution in [2.75, 3.05) is 13.7 Å². The van der Waals surface area contributed by atoms with E-state index in [2.05, 4.69) is 15.3 Å². The molecule has 0 aliphatic heterocycles. The van der Waals surface area contributed by atoms with Gasteiger partial charge in [0.15, 0.2) is 0 Å². The number of amides is 1. The van der Waals surface area contributed by atoms with Crippen LogP contribution in [-0.4, -0.2) is 34.1 Å². The Labute approximate surface area is 140 Å². The predicted octanol–water partition coefficient (Wildman–Crippen LogP) is 2.32. The molecule has 6 heteroatoms. The van der Waals surface area contributed by atoms with Crippen LogP contribution < -0.4 is 5.32 Å². The molecule has 6 nitrogen and oxygen atoms in total. The number of hydrogen-bond acceptors (Lipinski definition) is 4. The summed E-state index contributed by atoms with van der Waals surface area (Å²) < 4.78 is 7.19. The maximum atomic E-state index is 12.5. The minimum absolute atomic E-state index is 0.169. The molecule has 1 amide bonds. The molecule has 0 radical (unpaired) electrons. The lowest BCUT2D eigenvalue weighted by molar-refractivity contribution is 0.0948. The first-order valence-electron chi connectivity index (χ1n) is 7.82. The van der Waals surface area contributed by atoms with E-state index in [0.717, 1.165) is 22.3 Å². The lowest BCUT2D eigenvalue weighted by Crippen LogP contribution is -2.28. The van der Waals surface area contributed by atoms with Crippen LogP contribution in [0.1, 0.15) is 22.0 Å². The zero-order valence-electron chi connectivity index (χ0n) is 13.8. The normalized spacial score (nSPS) is 10.9. The molecule has 124 valence electrons. The molecule has 2 aromatic heterocycles. The first kappa shape index (κ1) is 16.1. The Morgan fingerprint density at radius 2 is 2.08 bits per heavy atom. The van der Waals surface area contributed by atoms with Gasteiger partial charge in [-0.3, -0.25) is 9.78 Å². The number of methoxy groups -OCH3 is 1. The van der Waals surface area contributed by atoms with E-state index >= 15 is 0 Å². The van der Waals surface area contributed by atoms with Crippen LogP contribution in [0.5, 0.6) is 0 Å². The molecule has 0 atom stereocenters. The number of ether oxygens (including phenoxy) is 1. The van der Waals surface area contributed by atoms with Crippen LogP contribution in [0.25, 0.3) is 10.8 Å². The van der Waals surface area contributed by atoms with Crippen LogP contribution in [0, 0.1) is 6.92 Å². The molecule has 24 heavy (non-hydrogen) atoms. The summed E-state index contributed by atoms with van der Waals surface area (Å²) >= 11 is 0. The van der Waals surface area contributed by atoms with Crippen molar-refractivity contribution < 1.29 is 9.53 Å². The second-order valence-corrected chi connectivity index (χ2v) is 5.54. The first-order valence-corrected chi connectivity index (χ1v) is 7.82. The van der Waals surface area contributed by atoms with Crippen LogP contribution in [0.4, 0.5) is 0 Å². The Morgan fingerprint density at radius 3 is 2.92 bits per heavy atom. The molecular formula is C18H20N4O2. The molecule has 2 heterocycles. The zero-order valence-corrected chi connectivity index (χ0v) is 13.8. The van der Waals surface area contributed by atoms with Crippen molar-refractivity contribution in [3.05, 3.63) is 59.9 Å². The van der Waals surface area contributed by atoms with E-state index < -0.39 is 0 Å². The molecule has 0 unspecified atom stereocenters. The van der Waals surface area contributed by atoms with Gasteiger partial charge in [0, 0.05) is 43.7 Å². The van der Waals surface area contributed by atoms with Gasteiger partial charge in [-0.1, -0.05) is 24.3 Å². The van der Waals surface area contributed by atoms with Gasteiger partial charge in [0.25, 0.3) is 5.91 Å². The molecule has 0 saturated heterocycles. The molecule has 3 aromatic rings. The number of rotatable bonds is 6. The quantitative estimate of drug-likeness (QED) is 0.755. The molecule has 1 N–H and O–H groups in total. The Bertz CT molecular complexity index is 852. The van der Waals surface area contributed by atoms with Gasteiger partial charge in [-0.15, -0.1) is 0 Å². The molecule has 0 spiro atoms. The second-order valence-electron chi connectivity index (χ2n) is 5.54. The number of pyridine rings is 1. The summed E-state index contributed by atoms with van der Waals surface area (Å²) in [7, 11) is 1.64. The summed E-state index contributed by atoms with van der Waals surface area (Å²) in [6.45, 7) is 3.57. The second kappa shape index (κ2) is 7.23. The summed E-state index contributed by atoms with van der Waals surface area (Å²) in [6, 6.07) is 9.64. The first-order chi connectivity index (χ1) is 11.7. The number of aromatic nitrogens is 3. The van der Waals surface area contributed by atoms with Gasteiger partial charge in [-0.25, -0.2) is 4.98 Å². The molecule has 0 aliphatic carbocycles. The van der Waals surface area contributed by atoms with Crippen LogP contribution in [0.3, 0.4) is 0 Å². The average Bonchev–Trinajstić information content (AvgIpc) is 2.95. The van der Waals surface area contributed by atoms with Crippen LogP contribution in [0.15, 0.2) is 42.7 Å². The number of fused-ring (bicyclic) bond motifs is 1.